The van der Waals surface area contributed by atoms with Gasteiger partial charge in [0.1, 0.15) is 11.6 Å². The van der Waals surface area contributed by atoms with Gasteiger partial charge < -0.3 is 0 Å². The van der Waals surface area contributed by atoms with E-state index in [1.54, 1.807) is 0 Å². The summed E-state index contributed by atoms with van der Waals surface area (Å²) >= 11 is 0. The number of hydrogen-bond acceptors (Lipinski definition) is 2. The molecule has 0 rings (SSSR count). The first-order chi connectivity index (χ1) is 3.13. The molecule has 1 radical (unpaired) electrons. The van der Waals surface area contributed by atoms with Crippen molar-refractivity contribution in [2.45, 2.75) is 20.3 Å². The zero-order valence-corrected chi connectivity index (χ0v) is 8.23. The van der Waals surface area contributed by atoms with Gasteiger partial charge in [-0.25, -0.2) is 0 Å². The van der Waals surface area contributed by atoms with E-state index in [1.165, 1.54) is 13.8 Å². The normalized spacial score (nSPS) is 7.25. The van der Waals surface area contributed by atoms with E-state index in [-0.39, 0.29) is 58.8 Å². The summed E-state index contributed by atoms with van der Waals surface area (Å²) in [4.78, 5) is 20.1. The van der Waals surface area contributed by atoms with Crippen molar-refractivity contribution in [2.24, 2.45) is 0 Å². The molecule has 0 saturated carbocycles. The average Bonchev–Trinajstić information content (AvgIpc) is 1.27. The third kappa shape index (κ3) is 9.85. The second kappa shape index (κ2) is 5.82. The van der Waals surface area contributed by atoms with Crippen LogP contribution in [0.5, 0.6) is 0 Å². The molecule has 0 heterocycles. The Bertz CT molecular complexity index is 86.6. The standard InChI is InChI=1S/C5H8O2.Nd/c1-4(6)3-5(2)7;/h3H2,1-2H3;/q;+3. The fourth-order valence-corrected chi connectivity index (χ4v) is 0.351. The van der Waals surface area contributed by atoms with Crippen LogP contribution in [0.15, 0.2) is 0 Å². The Morgan fingerprint density at radius 3 is 1.38 bits per heavy atom. The van der Waals surface area contributed by atoms with E-state index in [1.807, 2.05) is 0 Å². The van der Waals surface area contributed by atoms with Crippen LogP contribution in [-0.2, 0) is 9.59 Å². The SMILES string of the molecule is CC(=O)CC(C)=O.[Nd+3]. The zero-order chi connectivity index (χ0) is 5.86. The molecule has 2 nitrogen and oxygen atoms in total. The number of carbonyl (C=O) groups excluding carboxylic acids is 2. The van der Waals surface area contributed by atoms with Crippen LogP contribution in [0.1, 0.15) is 20.3 Å². The topological polar surface area (TPSA) is 34.1 Å². The maximum absolute atomic E-state index is 10.0. The zero-order valence-electron chi connectivity index (χ0n) is 5.02. The molecule has 0 aromatic carbocycles. The van der Waals surface area contributed by atoms with Crippen LogP contribution in [0.25, 0.3) is 0 Å². The number of rotatable bonds is 2. The Balaban J connectivity index is 0. The quantitative estimate of drug-likeness (QED) is 0.665. The van der Waals surface area contributed by atoms with E-state index in [9.17, 15) is 9.59 Å². The van der Waals surface area contributed by atoms with Crippen molar-refractivity contribution < 1.29 is 50.4 Å². The van der Waals surface area contributed by atoms with Gasteiger partial charge in [0.05, 0.1) is 6.42 Å². The molecule has 8 heavy (non-hydrogen) atoms. The maximum atomic E-state index is 10.0. The van der Waals surface area contributed by atoms with Gasteiger partial charge in [0.2, 0.25) is 0 Å². The molecule has 0 fully saturated rings. The molecule has 0 N–H and O–H groups in total. The minimum Gasteiger partial charge on any atom is -0.300 e. The van der Waals surface area contributed by atoms with E-state index in [4.69, 9.17) is 0 Å². The molecule has 0 unspecified atom stereocenters. The smallest absolute Gasteiger partial charge is 0.300 e. The van der Waals surface area contributed by atoms with E-state index < -0.39 is 0 Å². The Kier molecular flexibility index (Phi) is 8.35. The summed E-state index contributed by atoms with van der Waals surface area (Å²) in [6, 6.07) is 0. The maximum Gasteiger partial charge on any atom is 3.00 e. The van der Waals surface area contributed by atoms with Crippen molar-refractivity contribution in [2.75, 3.05) is 0 Å². The largest absolute Gasteiger partial charge is 3.00 e. The first-order valence-corrected chi connectivity index (χ1v) is 2.12. The third-order valence-electron chi connectivity index (χ3n) is 0.498. The molecule has 0 bridgehead atoms. The van der Waals surface area contributed by atoms with Gasteiger partial charge in [-0.05, 0) is 13.8 Å². The minimum absolute atomic E-state index is 0. The monoisotopic (exact) mass is 242 g/mol. The fourth-order valence-electron chi connectivity index (χ4n) is 0.351. The molecule has 0 spiro atoms. The number of ketones is 2. The Hall–Kier alpha value is 0.691. The molecule has 0 aliphatic heterocycles. The Morgan fingerprint density at radius 1 is 1.12 bits per heavy atom. The van der Waals surface area contributed by atoms with Crippen molar-refractivity contribution in [3.8, 4) is 0 Å². The predicted molar refractivity (Wildman–Crippen MR) is 26.0 cm³/mol. The first kappa shape index (κ1) is 11.5. The molecular weight excluding hydrogens is 236 g/mol. The van der Waals surface area contributed by atoms with E-state index in [0.29, 0.717) is 0 Å². The molecule has 41 valence electrons. The van der Waals surface area contributed by atoms with Gasteiger partial charge in [0, 0.05) is 0 Å². The van der Waals surface area contributed by atoms with Crippen LogP contribution >= 0.6 is 0 Å². The van der Waals surface area contributed by atoms with Gasteiger partial charge in [-0.15, -0.1) is 0 Å². The van der Waals surface area contributed by atoms with Gasteiger partial charge in [0.25, 0.3) is 0 Å². The average molecular weight is 244 g/mol. The Labute approximate surface area is 81.6 Å². The van der Waals surface area contributed by atoms with Crippen LogP contribution < -0.4 is 0 Å². The summed E-state index contributed by atoms with van der Waals surface area (Å²) in [7, 11) is 0. The second-order valence-electron chi connectivity index (χ2n) is 1.58. The number of carbonyl (C=O) groups is 2. The molecule has 0 amide bonds. The summed E-state index contributed by atoms with van der Waals surface area (Å²) in [5.41, 5.74) is 0. The summed E-state index contributed by atoms with van der Waals surface area (Å²) < 4.78 is 0. The van der Waals surface area contributed by atoms with Gasteiger partial charge in [-0.1, -0.05) is 0 Å². The van der Waals surface area contributed by atoms with E-state index >= 15 is 0 Å². The molecule has 0 aromatic rings. The van der Waals surface area contributed by atoms with E-state index in [2.05, 4.69) is 0 Å². The first-order valence-electron chi connectivity index (χ1n) is 2.12. The summed E-state index contributed by atoms with van der Waals surface area (Å²) in [6.45, 7) is 2.81. The van der Waals surface area contributed by atoms with Crippen molar-refractivity contribution in [1.82, 2.24) is 0 Å². The van der Waals surface area contributed by atoms with Crippen molar-refractivity contribution in [3.05, 3.63) is 0 Å². The van der Waals surface area contributed by atoms with Crippen LogP contribution in [0.3, 0.4) is 0 Å². The summed E-state index contributed by atoms with van der Waals surface area (Å²) in [6.07, 6.45) is 0.0833. The molecule has 0 saturated heterocycles. The van der Waals surface area contributed by atoms with Crippen LogP contribution in [0.2, 0.25) is 0 Å². The molecule has 0 aliphatic carbocycles. The van der Waals surface area contributed by atoms with Gasteiger partial charge in [0.15, 0.2) is 0 Å². The fraction of sp³-hybridized carbons (Fsp3) is 0.600. The number of Topliss-reactive ketones (excluding diaryl/α,β-unsaturated/α-hetero) is 2. The third-order valence-corrected chi connectivity index (χ3v) is 0.498. The summed E-state index contributed by atoms with van der Waals surface area (Å²) in [5.74, 6) is -0.125. The predicted octanol–water partition coefficient (Wildman–Crippen LogP) is 0.554. The van der Waals surface area contributed by atoms with Gasteiger partial charge >= 0.3 is 40.8 Å². The minimum atomic E-state index is -0.0625. The van der Waals surface area contributed by atoms with Crippen LogP contribution in [0, 0.1) is 40.8 Å². The molecule has 0 aromatic heterocycles. The number of hydrogen-bond donors (Lipinski definition) is 0. The Morgan fingerprint density at radius 2 is 1.38 bits per heavy atom. The molecule has 0 aliphatic rings. The van der Waals surface area contributed by atoms with Gasteiger partial charge in [-0.2, -0.15) is 0 Å². The summed E-state index contributed by atoms with van der Waals surface area (Å²) in [5, 5.41) is 0. The molecular formula is C5H8NdO2+3. The molecule has 3 heteroatoms. The van der Waals surface area contributed by atoms with Crippen LogP contribution in [0.4, 0.5) is 0 Å². The van der Waals surface area contributed by atoms with Crippen molar-refractivity contribution >= 4 is 11.6 Å². The van der Waals surface area contributed by atoms with Crippen molar-refractivity contribution in [1.29, 1.82) is 0 Å². The van der Waals surface area contributed by atoms with Crippen molar-refractivity contribution in [3.63, 3.8) is 0 Å². The second-order valence-corrected chi connectivity index (χ2v) is 1.58. The van der Waals surface area contributed by atoms with Gasteiger partial charge in [-0.3, -0.25) is 9.59 Å². The van der Waals surface area contributed by atoms with E-state index in [0.717, 1.165) is 0 Å². The molecule has 0 atom stereocenters. The van der Waals surface area contributed by atoms with Crippen LogP contribution in [-0.4, -0.2) is 11.6 Å².